The Morgan fingerprint density at radius 2 is 1.96 bits per heavy atom. The minimum Gasteiger partial charge on any atom is -0.389 e. The van der Waals surface area contributed by atoms with Gasteiger partial charge in [-0.3, -0.25) is 4.79 Å². The summed E-state index contributed by atoms with van der Waals surface area (Å²) < 4.78 is 16.2. The summed E-state index contributed by atoms with van der Waals surface area (Å²) in [6.45, 7) is 4.35. The third kappa shape index (κ3) is 3.65. The monoisotopic (exact) mass is 355 g/mol. The summed E-state index contributed by atoms with van der Waals surface area (Å²) in [5.74, 6) is -0.313. The zero-order chi connectivity index (χ0) is 18.7. The molecule has 3 rings (SSSR count). The predicted molar refractivity (Wildman–Crippen MR) is 99.4 cm³/mol. The molecule has 0 saturated carbocycles. The van der Waals surface area contributed by atoms with Crippen molar-refractivity contribution in [1.29, 1.82) is 0 Å². The number of aryl methyl sites for hydroxylation is 1. The van der Waals surface area contributed by atoms with Gasteiger partial charge in [0.2, 0.25) is 0 Å². The molecule has 2 heterocycles. The number of nitrogens with zero attached hydrogens (tertiary/aromatic N) is 3. The zero-order valence-corrected chi connectivity index (χ0v) is 14.9. The molecule has 0 aliphatic heterocycles. The van der Waals surface area contributed by atoms with Gasteiger partial charge < -0.3 is 9.67 Å². The van der Waals surface area contributed by atoms with Crippen molar-refractivity contribution in [3.8, 4) is 11.4 Å². The van der Waals surface area contributed by atoms with Gasteiger partial charge in [0.05, 0.1) is 17.1 Å². The van der Waals surface area contributed by atoms with Crippen molar-refractivity contribution in [2.45, 2.75) is 45.8 Å². The second-order valence-electron chi connectivity index (χ2n) is 6.46. The van der Waals surface area contributed by atoms with Gasteiger partial charge in [0.25, 0.3) is 5.56 Å². The van der Waals surface area contributed by atoms with Crippen molar-refractivity contribution >= 4 is 10.8 Å². The molecular weight excluding hydrogens is 333 g/mol. The van der Waals surface area contributed by atoms with Crippen LogP contribution in [0.25, 0.3) is 22.2 Å². The number of hydrogen-bond donors (Lipinski definition) is 1. The van der Waals surface area contributed by atoms with E-state index in [0.29, 0.717) is 22.9 Å². The lowest BCUT2D eigenvalue weighted by atomic mass is 10.1. The number of rotatable bonds is 6. The summed E-state index contributed by atoms with van der Waals surface area (Å²) in [5, 5.41) is 10.5. The van der Waals surface area contributed by atoms with Crippen LogP contribution in [0.5, 0.6) is 0 Å². The summed E-state index contributed by atoms with van der Waals surface area (Å²) in [6, 6.07) is 4.67. The smallest absolute Gasteiger partial charge is 0.258 e. The first kappa shape index (κ1) is 18.2. The number of unbranched alkanes of at least 4 members (excludes halogenated alkanes) is 2. The van der Waals surface area contributed by atoms with E-state index in [1.54, 1.807) is 23.8 Å². The highest BCUT2D eigenvalue weighted by Gasteiger charge is 2.13. The Bertz CT molecular complexity index is 965. The summed E-state index contributed by atoms with van der Waals surface area (Å²) in [5.41, 5.74) is 0.608. The van der Waals surface area contributed by atoms with Crippen LogP contribution in [-0.2, 0) is 6.54 Å². The van der Waals surface area contributed by atoms with Crippen molar-refractivity contribution in [1.82, 2.24) is 14.5 Å². The summed E-state index contributed by atoms with van der Waals surface area (Å²) in [6.07, 6.45) is 7.07. The minimum absolute atomic E-state index is 0.186. The normalized spacial score (nSPS) is 12.5. The van der Waals surface area contributed by atoms with E-state index in [9.17, 15) is 14.3 Å². The molecule has 0 fully saturated rings. The fraction of sp³-hybridized carbons (Fsp3) is 0.350. The average molecular weight is 355 g/mol. The molecule has 0 radical (unpaired) electrons. The molecule has 0 bridgehead atoms. The van der Waals surface area contributed by atoms with Gasteiger partial charge in [-0.2, -0.15) is 0 Å². The highest BCUT2D eigenvalue weighted by atomic mass is 19.1. The number of pyridine rings is 1. The highest BCUT2D eigenvalue weighted by molar-refractivity contribution is 5.85. The van der Waals surface area contributed by atoms with Gasteiger partial charge in [0.1, 0.15) is 5.82 Å². The molecule has 0 amide bonds. The highest BCUT2D eigenvalue weighted by Crippen LogP contribution is 2.24. The van der Waals surface area contributed by atoms with Crippen LogP contribution < -0.4 is 5.56 Å². The third-order valence-electron chi connectivity index (χ3n) is 4.46. The molecule has 6 heteroatoms. The van der Waals surface area contributed by atoms with Crippen molar-refractivity contribution < 1.29 is 9.50 Å². The average Bonchev–Trinajstić information content (AvgIpc) is 2.64. The number of benzene rings is 1. The van der Waals surface area contributed by atoms with E-state index in [1.165, 1.54) is 18.5 Å². The summed E-state index contributed by atoms with van der Waals surface area (Å²) in [4.78, 5) is 20.8. The lowest BCUT2D eigenvalue weighted by Crippen LogP contribution is -2.19. The topological polar surface area (TPSA) is 68.0 Å². The lowest BCUT2D eigenvalue weighted by Gasteiger charge is -2.09. The van der Waals surface area contributed by atoms with E-state index in [0.717, 1.165) is 19.3 Å². The first-order valence-corrected chi connectivity index (χ1v) is 8.84. The number of aromatic nitrogens is 3. The second-order valence-corrected chi connectivity index (χ2v) is 6.46. The maximum Gasteiger partial charge on any atom is 0.258 e. The van der Waals surface area contributed by atoms with Crippen LogP contribution in [-0.4, -0.2) is 19.6 Å². The van der Waals surface area contributed by atoms with E-state index < -0.39 is 11.9 Å². The molecule has 5 nitrogen and oxygen atoms in total. The molecule has 2 aromatic heterocycles. The lowest BCUT2D eigenvalue weighted by molar-refractivity contribution is 0.198. The standard InChI is InChI=1S/C20H22FN3O2/c1-3-4-5-7-24-8-6-14-9-17(18(21)10-16(14)20(24)26)19-22-11-15(12-23-19)13(2)25/h6,8-13,25H,3-5,7H2,1-2H3. The Balaban J connectivity index is 2.00. The molecule has 0 saturated heterocycles. The Hall–Kier alpha value is -2.60. The van der Waals surface area contributed by atoms with Crippen LogP contribution >= 0.6 is 0 Å². The van der Waals surface area contributed by atoms with Gasteiger partial charge in [-0.1, -0.05) is 19.8 Å². The van der Waals surface area contributed by atoms with Crippen molar-refractivity contribution in [3.05, 3.63) is 58.5 Å². The predicted octanol–water partition coefficient (Wildman–Crippen LogP) is 3.84. The number of fused-ring (bicyclic) bond motifs is 1. The SMILES string of the molecule is CCCCCn1ccc2cc(-c3ncc(C(C)O)cn3)c(F)cc2c1=O. The van der Waals surface area contributed by atoms with Crippen molar-refractivity contribution in [2.75, 3.05) is 0 Å². The summed E-state index contributed by atoms with van der Waals surface area (Å²) in [7, 11) is 0. The molecular formula is C20H22FN3O2. The first-order chi connectivity index (χ1) is 12.5. The fourth-order valence-electron chi connectivity index (χ4n) is 2.88. The van der Waals surface area contributed by atoms with Crippen LogP contribution in [0.2, 0.25) is 0 Å². The number of aliphatic hydroxyl groups excluding tert-OH is 1. The van der Waals surface area contributed by atoms with Gasteiger partial charge in [-0.25, -0.2) is 14.4 Å². The summed E-state index contributed by atoms with van der Waals surface area (Å²) >= 11 is 0. The number of aliphatic hydroxyl groups is 1. The molecule has 1 atom stereocenters. The maximum absolute atomic E-state index is 14.6. The Labute approximate surface area is 151 Å². The van der Waals surface area contributed by atoms with Crippen molar-refractivity contribution in [2.24, 2.45) is 0 Å². The molecule has 1 aromatic carbocycles. The molecule has 0 spiro atoms. The van der Waals surface area contributed by atoms with Crippen LogP contribution in [0.1, 0.15) is 44.8 Å². The van der Waals surface area contributed by atoms with E-state index in [1.807, 2.05) is 6.07 Å². The van der Waals surface area contributed by atoms with Gasteiger partial charge in [0.15, 0.2) is 5.82 Å². The Morgan fingerprint density at radius 3 is 2.62 bits per heavy atom. The fourth-order valence-corrected chi connectivity index (χ4v) is 2.88. The Kier molecular flexibility index (Phi) is 5.42. The van der Waals surface area contributed by atoms with Crippen LogP contribution in [0, 0.1) is 5.82 Å². The number of hydrogen-bond acceptors (Lipinski definition) is 4. The van der Waals surface area contributed by atoms with Gasteiger partial charge in [-0.05, 0) is 36.9 Å². The van der Waals surface area contributed by atoms with Gasteiger partial charge >= 0.3 is 0 Å². The van der Waals surface area contributed by atoms with E-state index >= 15 is 0 Å². The van der Waals surface area contributed by atoms with Crippen molar-refractivity contribution in [3.63, 3.8) is 0 Å². The molecule has 0 aliphatic carbocycles. The minimum atomic E-state index is -0.684. The van der Waals surface area contributed by atoms with E-state index in [4.69, 9.17) is 0 Å². The molecule has 1 N–H and O–H groups in total. The second kappa shape index (κ2) is 7.74. The van der Waals surface area contributed by atoms with E-state index in [2.05, 4.69) is 16.9 Å². The number of halogens is 1. The molecule has 1 unspecified atom stereocenters. The quantitative estimate of drug-likeness (QED) is 0.682. The first-order valence-electron chi connectivity index (χ1n) is 8.84. The third-order valence-corrected chi connectivity index (χ3v) is 4.46. The molecule has 0 aliphatic rings. The molecule has 26 heavy (non-hydrogen) atoms. The van der Waals surface area contributed by atoms with Crippen LogP contribution in [0.3, 0.4) is 0 Å². The molecule has 3 aromatic rings. The maximum atomic E-state index is 14.6. The molecule has 136 valence electrons. The Morgan fingerprint density at radius 1 is 1.23 bits per heavy atom. The van der Waals surface area contributed by atoms with Gasteiger partial charge in [0, 0.05) is 30.7 Å². The van der Waals surface area contributed by atoms with E-state index in [-0.39, 0.29) is 16.9 Å². The van der Waals surface area contributed by atoms with Crippen LogP contribution in [0.15, 0.2) is 41.6 Å². The largest absolute Gasteiger partial charge is 0.389 e. The van der Waals surface area contributed by atoms with Crippen LogP contribution in [0.4, 0.5) is 4.39 Å². The zero-order valence-electron chi connectivity index (χ0n) is 14.9. The van der Waals surface area contributed by atoms with Gasteiger partial charge in [-0.15, -0.1) is 0 Å².